The lowest BCUT2D eigenvalue weighted by atomic mass is 9.90. The summed E-state index contributed by atoms with van der Waals surface area (Å²) in [4.78, 5) is 2.43. The van der Waals surface area contributed by atoms with Gasteiger partial charge in [0.05, 0.1) is 0 Å². The van der Waals surface area contributed by atoms with E-state index in [1.54, 1.807) is 0 Å². The molecule has 0 N–H and O–H groups in total. The molecule has 0 spiro atoms. The average molecular weight is 261 g/mol. The molecule has 1 aromatic carbocycles. The van der Waals surface area contributed by atoms with E-state index in [9.17, 15) is 0 Å². The Balaban J connectivity index is 2.13. The van der Waals surface area contributed by atoms with Crippen molar-refractivity contribution in [3.05, 3.63) is 29.8 Å². The van der Waals surface area contributed by atoms with Crippen LogP contribution < -0.4 is 4.90 Å². The zero-order valence-electron chi connectivity index (χ0n) is 12.7. The Morgan fingerprint density at radius 3 is 2.47 bits per heavy atom. The molecule has 0 aliphatic carbocycles. The van der Waals surface area contributed by atoms with Crippen molar-refractivity contribution in [2.75, 3.05) is 25.2 Å². The van der Waals surface area contributed by atoms with Gasteiger partial charge in [-0.15, -0.1) is 0 Å². The van der Waals surface area contributed by atoms with Crippen LogP contribution in [0.15, 0.2) is 24.3 Å². The van der Waals surface area contributed by atoms with Crippen LogP contribution in [0.5, 0.6) is 0 Å². The molecule has 0 bridgehead atoms. The van der Waals surface area contributed by atoms with E-state index < -0.39 is 0 Å². The second-order valence-corrected chi connectivity index (χ2v) is 6.08. The van der Waals surface area contributed by atoms with Crippen molar-refractivity contribution in [3.63, 3.8) is 0 Å². The Labute approximate surface area is 117 Å². The first kappa shape index (κ1) is 14.4. The van der Waals surface area contributed by atoms with Gasteiger partial charge in [0.25, 0.3) is 0 Å². The molecular weight excluding hydrogens is 234 g/mol. The number of nitrogens with zero attached hydrogens (tertiary/aromatic N) is 1. The van der Waals surface area contributed by atoms with Gasteiger partial charge in [0, 0.05) is 32.0 Å². The summed E-state index contributed by atoms with van der Waals surface area (Å²) in [6.45, 7) is 8.70. The first-order valence-electron chi connectivity index (χ1n) is 7.50. The fraction of sp³-hybridized carbons (Fsp3) is 0.647. The van der Waals surface area contributed by atoms with Gasteiger partial charge in [-0.05, 0) is 42.4 Å². The van der Waals surface area contributed by atoms with Crippen LogP contribution in [0.4, 0.5) is 5.69 Å². The lowest BCUT2D eigenvalue weighted by Gasteiger charge is -2.33. The maximum absolute atomic E-state index is 5.45. The minimum Gasteiger partial charge on any atom is -0.381 e. The quantitative estimate of drug-likeness (QED) is 0.810. The third-order valence-electron chi connectivity index (χ3n) is 4.54. The lowest BCUT2D eigenvalue weighted by Crippen LogP contribution is -2.36. The Hall–Kier alpha value is -1.02. The summed E-state index contributed by atoms with van der Waals surface area (Å²) in [5, 5.41) is 0. The predicted molar refractivity (Wildman–Crippen MR) is 81.9 cm³/mol. The molecule has 1 atom stereocenters. The molecule has 1 aliphatic heterocycles. The fourth-order valence-electron chi connectivity index (χ4n) is 2.70. The molecule has 1 aliphatic rings. The van der Waals surface area contributed by atoms with Gasteiger partial charge in [-0.3, -0.25) is 0 Å². The molecule has 1 heterocycles. The van der Waals surface area contributed by atoms with Crippen LogP contribution in [0.1, 0.15) is 45.1 Å². The summed E-state index contributed by atoms with van der Waals surface area (Å²) in [6, 6.07) is 9.66. The Bertz CT molecular complexity index is 396. The summed E-state index contributed by atoms with van der Waals surface area (Å²) in [5.41, 5.74) is 2.79. The number of rotatable bonds is 4. The standard InChI is InChI=1S/C17H27NO/c1-13(2)14(3)15-6-5-7-17(12-15)18(4)16-8-10-19-11-9-16/h5-7,12-14,16H,8-11H2,1-4H3. The maximum Gasteiger partial charge on any atom is 0.0485 e. The van der Waals surface area contributed by atoms with Crippen LogP contribution in [0, 0.1) is 5.92 Å². The highest BCUT2D eigenvalue weighted by molar-refractivity contribution is 5.49. The van der Waals surface area contributed by atoms with Gasteiger partial charge in [0.2, 0.25) is 0 Å². The summed E-state index contributed by atoms with van der Waals surface area (Å²) in [6.07, 6.45) is 2.28. The molecule has 0 radical (unpaired) electrons. The second kappa shape index (κ2) is 6.42. The third kappa shape index (κ3) is 3.50. The van der Waals surface area contributed by atoms with E-state index in [0.29, 0.717) is 17.9 Å². The molecule has 106 valence electrons. The van der Waals surface area contributed by atoms with Crippen LogP contribution in [0.2, 0.25) is 0 Å². The van der Waals surface area contributed by atoms with Gasteiger partial charge in [-0.25, -0.2) is 0 Å². The van der Waals surface area contributed by atoms with Crippen molar-refractivity contribution >= 4 is 5.69 Å². The van der Waals surface area contributed by atoms with Gasteiger partial charge < -0.3 is 9.64 Å². The number of hydrogen-bond donors (Lipinski definition) is 0. The fourth-order valence-corrected chi connectivity index (χ4v) is 2.70. The predicted octanol–water partition coefficient (Wildman–Crippen LogP) is 4.06. The van der Waals surface area contributed by atoms with Gasteiger partial charge >= 0.3 is 0 Å². The molecule has 2 heteroatoms. The van der Waals surface area contributed by atoms with Crippen LogP contribution >= 0.6 is 0 Å². The highest BCUT2D eigenvalue weighted by Gasteiger charge is 2.19. The minimum absolute atomic E-state index is 0.614. The van der Waals surface area contributed by atoms with Crippen molar-refractivity contribution in [3.8, 4) is 0 Å². The molecule has 2 nitrogen and oxygen atoms in total. The monoisotopic (exact) mass is 261 g/mol. The maximum atomic E-state index is 5.45. The Morgan fingerprint density at radius 2 is 1.84 bits per heavy atom. The van der Waals surface area contributed by atoms with E-state index in [1.165, 1.54) is 11.3 Å². The molecule has 1 saturated heterocycles. The van der Waals surface area contributed by atoms with E-state index in [2.05, 4.69) is 57.0 Å². The molecule has 1 fully saturated rings. The lowest BCUT2D eigenvalue weighted by molar-refractivity contribution is 0.0855. The molecule has 1 aromatic rings. The van der Waals surface area contributed by atoms with Crippen molar-refractivity contribution in [1.29, 1.82) is 0 Å². The smallest absolute Gasteiger partial charge is 0.0485 e. The van der Waals surface area contributed by atoms with Crippen molar-refractivity contribution < 1.29 is 4.74 Å². The van der Waals surface area contributed by atoms with Gasteiger partial charge in [-0.2, -0.15) is 0 Å². The van der Waals surface area contributed by atoms with Crippen LogP contribution in [0.25, 0.3) is 0 Å². The second-order valence-electron chi connectivity index (χ2n) is 6.08. The van der Waals surface area contributed by atoms with Crippen LogP contribution in [-0.2, 0) is 4.74 Å². The summed E-state index contributed by atoms with van der Waals surface area (Å²) < 4.78 is 5.45. The first-order valence-corrected chi connectivity index (χ1v) is 7.50. The molecule has 0 saturated carbocycles. The zero-order valence-corrected chi connectivity index (χ0v) is 12.7. The molecular formula is C17H27NO. The van der Waals surface area contributed by atoms with E-state index in [0.717, 1.165) is 26.1 Å². The average Bonchev–Trinajstić information content (AvgIpc) is 2.46. The van der Waals surface area contributed by atoms with E-state index in [-0.39, 0.29) is 0 Å². The van der Waals surface area contributed by atoms with E-state index >= 15 is 0 Å². The topological polar surface area (TPSA) is 12.5 Å². The van der Waals surface area contributed by atoms with Gasteiger partial charge in [-0.1, -0.05) is 32.9 Å². The largest absolute Gasteiger partial charge is 0.381 e. The first-order chi connectivity index (χ1) is 9.09. The normalized spacial score (nSPS) is 18.6. The number of benzene rings is 1. The minimum atomic E-state index is 0.614. The van der Waals surface area contributed by atoms with Gasteiger partial charge in [0.1, 0.15) is 0 Å². The highest BCUT2D eigenvalue weighted by Crippen LogP contribution is 2.28. The molecule has 19 heavy (non-hydrogen) atoms. The van der Waals surface area contributed by atoms with E-state index in [4.69, 9.17) is 4.74 Å². The third-order valence-corrected chi connectivity index (χ3v) is 4.54. The molecule has 0 amide bonds. The number of hydrogen-bond acceptors (Lipinski definition) is 2. The number of ether oxygens (including phenoxy) is 1. The van der Waals surface area contributed by atoms with Crippen molar-refractivity contribution in [1.82, 2.24) is 0 Å². The molecule has 0 aromatic heterocycles. The van der Waals surface area contributed by atoms with Crippen molar-refractivity contribution in [2.24, 2.45) is 5.92 Å². The van der Waals surface area contributed by atoms with Gasteiger partial charge in [0.15, 0.2) is 0 Å². The molecule has 1 unspecified atom stereocenters. The summed E-state index contributed by atoms with van der Waals surface area (Å²) >= 11 is 0. The summed E-state index contributed by atoms with van der Waals surface area (Å²) in [5.74, 6) is 1.30. The Morgan fingerprint density at radius 1 is 1.16 bits per heavy atom. The summed E-state index contributed by atoms with van der Waals surface area (Å²) in [7, 11) is 2.22. The van der Waals surface area contributed by atoms with Crippen molar-refractivity contribution in [2.45, 2.75) is 45.6 Å². The van der Waals surface area contributed by atoms with Crippen LogP contribution in [-0.4, -0.2) is 26.3 Å². The van der Waals surface area contributed by atoms with E-state index in [1.807, 2.05) is 0 Å². The zero-order chi connectivity index (χ0) is 13.8. The SMILES string of the molecule is CC(C)C(C)c1cccc(N(C)C2CCOCC2)c1. The van der Waals surface area contributed by atoms with Crippen LogP contribution in [0.3, 0.4) is 0 Å². The molecule has 2 rings (SSSR count). The number of anilines is 1. The highest BCUT2D eigenvalue weighted by atomic mass is 16.5. The Kier molecular flexibility index (Phi) is 4.87.